The molecule has 0 N–H and O–H groups in total. The van der Waals surface area contributed by atoms with Gasteiger partial charge in [-0.05, 0) is 97.9 Å². The lowest BCUT2D eigenvalue weighted by atomic mass is 9.77. The monoisotopic (exact) mass is 500 g/mol. The average Bonchev–Trinajstić information content (AvgIpc) is 2.92. The quantitative estimate of drug-likeness (QED) is 0.370. The van der Waals surface area contributed by atoms with Crippen molar-refractivity contribution in [3.05, 3.63) is 70.5 Å². The molecule has 3 fully saturated rings. The molecule has 0 atom stereocenters. The van der Waals surface area contributed by atoms with Crippen LogP contribution >= 0.6 is 0 Å². The second-order valence-corrected chi connectivity index (χ2v) is 11.3. The number of benzene rings is 2. The summed E-state index contributed by atoms with van der Waals surface area (Å²) >= 11 is 0. The Bertz CT molecular complexity index is 960. The second-order valence-electron chi connectivity index (χ2n) is 11.3. The zero-order valence-corrected chi connectivity index (χ0v) is 21.4. The molecule has 36 heavy (non-hydrogen) atoms. The van der Waals surface area contributed by atoms with Gasteiger partial charge in [0.15, 0.2) is 23.7 Å². The van der Waals surface area contributed by atoms with Gasteiger partial charge in [0, 0.05) is 11.8 Å². The number of hydrogen-bond donors (Lipinski definition) is 0. The third kappa shape index (κ3) is 5.83. The summed E-state index contributed by atoms with van der Waals surface area (Å²) in [6.45, 7) is 3.60. The van der Waals surface area contributed by atoms with Crippen LogP contribution in [0.15, 0.2) is 36.4 Å². The third-order valence-corrected chi connectivity index (χ3v) is 8.98. The standard InChI is InChI=1S/C31H39F3O2/c1-2-3-20-4-6-21(7-5-20)22-8-10-24(11-9-22)27-18-35-31(36-19-27)25-14-12-23(13-15-25)26-16-28(32)30(34)29(33)17-26/h8-11,16-17,20-21,23,25,27,31H,2-7,12-15,18-19H2,1H3. The lowest BCUT2D eigenvalue weighted by Crippen LogP contribution is -2.37. The molecule has 1 saturated heterocycles. The van der Waals surface area contributed by atoms with Gasteiger partial charge >= 0.3 is 0 Å². The summed E-state index contributed by atoms with van der Waals surface area (Å²) in [5.41, 5.74) is 3.30. The van der Waals surface area contributed by atoms with Crippen LogP contribution in [0.3, 0.4) is 0 Å². The Morgan fingerprint density at radius 2 is 1.17 bits per heavy atom. The van der Waals surface area contributed by atoms with E-state index in [1.807, 2.05) is 0 Å². The van der Waals surface area contributed by atoms with Crippen molar-refractivity contribution in [3.8, 4) is 0 Å². The van der Waals surface area contributed by atoms with Crippen molar-refractivity contribution in [2.24, 2.45) is 11.8 Å². The lowest BCUT2D eigenvalue weighted by molar-refractivity contribution is -0.217. The molecule has 2 nitrogen and oxygen atoms in total. The maximum Gasteiger partial charge on any atom is 0.194 e. The number of hydrogen-bond acceptors (Lipinski definition) is 2. The van der Waals surface area contributed by atoms with Crippen LogP contribution in [0, 0.1) is 29.3 Å². The van der Waals surface area contributed by atoms with Crippen molar-refractivity contribution in [2.75, 3.05) is 13.2 Å². The molecule has 5 rings (SSSR count). The van der Waals surface area contributed by atoms with E-state index in [-0.39, 0.29) is 24.0 Å². The van der Waals surface area contributed by atoms with Crippen molar-refractivity contribution in [2.45, 2.75) is 95.2 Å². The highest BCUT2D eigenvalue weighted by molar-refractivity contribution is 5.28. The SMILES string of the molecule is CCCC1CCC(c2ccc(C3COC(C4CCC(c5cc(F)c(F)c(F)c5)CC4)OC3)cc2)CC1. The fourth-order valence-corrected chi connectivity index (χ4v) is 6.75. The maximum absolute atomic E-state index is 13.6. The Kier molecular flexibility index (Phi) is 8.37. The minimum atomic E-state index is -1.39. The van der Waals surface area contributed by atoms with Crippen LogP contribution in [-0.2, 0) is 9.47 Å². The molecule has 0 radical (unpaired) electrons. The van der Waals surface area contributed by atoms with Gasteiger partial charge in [-0.3, -0.25) is 0 Å². The molecule has 1 aliphatic heterocycles. The minimum absolute atomic E-state index is 0.0439. The van der Waals surface area contributed by atoms with E-state index in [0.29, 0.717) is 24.7 Å². The van der Waals surface area contributed by atoms with Gasteiger partial charge < -0.3 is 9.47 Å². The number of halogens is 3. The molecular formula is C31H39F3O2. The van der Waals surface area contributed by atoms with E-state index in [0.717, 1.165) is 43.7 Å². The molecule has 2 aliphatic carbocycles. The highest BCUT2D eigenvalue weighted by Crippen LogP contribution is 2.41. The fraction of sp³-hybridized carbons (Fsp3) is 0.613. The third-order valence-electron chi connectivity index (χ3n) is 8.98. The highest BCUT2D eigenvalue weighted by Gasteiger charge is 2.34. The van der Waals surface area contributed by atoms with Crippen LogP contribution in [0.1, 0.15) is 106 Å². The van der Waals surface area contributed by atoms with E-state index >= 15 is 0 Å². The van der Waals surface area contributed by atoms with E-state index in [4.69, 9.17) is 9.47 Å². The molecule has 196 valence electrons. The van der Waals surface area contributed by atoms with Crippen molar-refractivity contribution < 1.29 is 22.6 Å². The van der Waals surface area contributed by atoms with Gasteiger partial charge in [-0.25, -0.2) is 13.2 Å². The topological polar surface area (TPSA) is 18.5 Å². The molecule has 2 saturated carbocycles. The number of ether oxygens (including phenoxy) is 2. The summed E-state index contributed by atoms with van der Waals surface area (Å²) in [5.74, 6) is -1.40. The van der Waals surface area contributed by atoms with E-state index in [1.54, 1.807) is 0 Å². The predicted molar refractivity (Wildman–Crippen MR) is 135 cm³/mol. The Hall–Kier alpha value is -1.85. The second kappa shape index (κ2) is 11.7. The van der Waals surface area contributed by atoms with Crippen LogP contribution in [0.25, 0.3) is 0 Å². The van der Waals surface area contributed by atoms with Gasteiger partial charge in [0.1, 0.15) is 0 Å². The van der Waals surface area contributed by atoms with Crippen LogP contribution in [-0.4, -0.2) is 19.5 Å². The van der Waals surface area contributed by atoms with Crippen LogP contribution in [0.2, 0.25) is 0 Å². The van der Waals surface area contributed by atoms with Gasteiger partial charge in [0.05, 0.1) is 13.2 Å². The first kappa shape index (κ1) is 25.8. The Morgan fingerprint density at radius 1 is 0.667 bits per heavy atom. The smallest absolute Gasteiger partial charge is 0.194 e. The summed E-state index contributed by atoms with van der Waals surface area (Å²) in [7, 11) is 0. The largest absolute Gasteiger partial charge is 0.352 e. The Labute approximate surface area is 213 Å². The zero-order valence-electron chi connectivity index (χ0n) is 21.4. The minimum Gasteiger partial charge on any atom is -0.352 e. The molecule has 2 aromatic rings. The molecule has 5 heteroatoms. The van der Waals surface area contributed by atoms with Crippen LogP contribution < -0.4 is 0 Å². The first-order chi connectivity index (χ1) is 17.5. The summed E-state index contributed by atoms with van der Waals surface area (Å²) < 4.78 is 52.9. The maximum atomic E-state index is 13.6. The lowest BCUT2D eigenvalue weighted by Gasteiger charge is -2.38. The molecule has 1 heterocycles. The summed E-state index contributed by atoms with van der Waals surface area (Å²) in [4.78, 5) is 0. The molecule has 0 bridgehead atoms. The van der Waals surface area contributed by atoms with Crippen molar-refractivity contribution >= 4 is 0 Å². The average molecular weight is 501 g/mol. The molecule has 3 aliphatic rings. The zero-order chi connectivity index (χ0) is 25.1. The molecule has 0 amide bonds. The van der Waals surface area contributed by atoms with Crippen LogP contribution in [0.5, 0.6) is 0 Å². The van der Waals surface area contributed by atoms with E-state index < -0.39 is 17.5 Å². The van der Waals surface area contributed by atoms with E-state index in [9.17, 15) is 13.2 Å². The summed E-state index contributed by atoms with van der Waals surface area (Å²) in [6.07, 6.45) is 11.2. The van der Waals surface area contributed by atoms with Gasteiger partial charge in [0.2, 0.25) is 0 Å². The first-order valence-corrected chi connectivity index (χ1v) is 14.0. The summed E-state index contributed by atoms with van der Waals surface area (Å²) in [6, 6.07) is 11.4. The Morgan fingerprint density at radius 3 is 1.72 bits per heavy atom. The van der Waals surface area contributed by atoms with Gasteiger partial charge in [-0.15, -0.1) is 0 Å². The van der Waals surface area contributed by atoms with Gasteiger partial charge in [-0.1, -0.05) is 44.0 Å². The molecule has 0 unspecified atom stereocenters. The predicted octanol–water partition coefficient (Wildman–Crippen LogP) is 8.61. The normalized spacial score (nSPS) is 31.3. The summed E-state index contributed by atoms with van der Waals surface area (Å²) in [5, 5.41) is 0. The van der Waals surface area contributed by atoms with Crippen molar-refractivity contribution in [1.29, 1.82) is 0 Å². The highest BCUT2D eigenvalue weighted by atomic mass is 19.2. The first-order valence-electron chi connectivity index (χ1n) is 14.0. The van der Waals surface area contributed by atoms with Crippen LogP contribution in [0.4, 0.5) is 13.2 Å². The van der Waals surface area contributed by atoms with Crippen molar-refractivity contribution in [1.82, 2.24) is 0 Å². The van der Waals surface area contributed by atoms with Crippen molar-refractivity contribution in [3.63, 3.8) is 0 Å². The van der Waals surface area contributed by atoms with Gasteiger partial charge in [-0.2, -0.15) is 0 Å². The number of rotatable bonds is 6. The van der Waals surface area contributed by atoms with E-state index in [2.05, 4.69) is 31.2 Å². The molecular weight excluding hydrogens is 461 g/mol. The van der Waals surface area contributed by atoms with E-state index in [1.165, 1.54) is 49.7 Å². The van der Waals surface area contributed by atoms with Gasteiger partial charge in [0.25, 0.3) is 0 Å². The Balaban J connectivity index is 1.08. The fourth-order valence-electron chi connectivity index (χ4n) is 6.75. The molecule has 0 aromatic heterocycles. The molecule has 2 aromatic carbocycles. The molecule has 0 spiro atoms.